The quantitative estimate of drug-likeness (QED) is 0.249. The molecule has 1 heterocycles. The molecular formula is C23H41BO2. The normalized spacial score (nSPS) is 23.9. The smallest absolute Gasteiger partial charge is 0.400 e. The van der Waals surface area contributed by atoms with E-state index in [9.17, 15) is 0 Å². The van der Waals surface area contributed by atoms with Crippen molar-refractivity contribution in [2.45, 2.75) is 116 Å². The summed E-state index contributed by atoms with van der Waals surface area (Å²) in [6.45, 7) is 10.9. The first-order valence-electron chi connectivity index (χ1n) is 11.1. The van der Waals surface area contributed by atoms with Gasteiger partial charge in [-0.2, -0.15) is 0 Å². The Balaban J connectivity index is 1.97. The maximum atomic E-state index is 6.36. The third-order valence-electron chi connectivity index (χ3n) is 6.40. The van der Waals surface area contributed by atoms with E-state index in [-0.39, 0.29) is 18.3 Å². The molecule has 0 bridgehead atoms. The van der Waals surface area contributed by atoms with Gasteiger partial charge in [0.15, 0.2) is 0 Å². The summed E-state index contributed by atoms with van der Waals surface area (Å²) in [5.74, 6) is 0.714. The number of unbranched alkanes of at least 4 members (excludes halogenated alkanes) is 3. The largest absolute Gasteiger partial charge is 0.490 e. The van der Waals surface area contributed by atoms with Gasteiger partial charge in [0.1, 0.15) is 0 Å². The zero-order valence-electron chi connectivity index (χ0n) is 18.0. The Bertz CT molecular complexity index is 457. The van der Waals surface area contributed by atoms with E-state index in [0.717, 1.165) is 12.8 Å². The van der Waals surface area contributed by atoms with Gasteiger partial charge >= 0.3 is 7.12 Å². The molecule has 2 aliphatic rings. The molecule has 0 aromatic carbocycles. The molecule has 0 unspecified atom stereocenters. The average molecular weight is 360 g/mol. The lowest BCUT2D eigenvalue weighted by molar-refractivity contribution is 0.00578. The van der Waals surface area contributed by atoms with Crippen molar-refractivity contribution in [3.8, 4) is 0 Å². The average Bonchev–Trinajstić information content (AvgIpc) is 2.81. The number of allylic oxidation sites excluding steroid dienone is 4. The van der Waals surface area contributed by atoms with E-state index in [4.69, 9.17) is 9.31 Å². The zero-order valence-corrected chi connectivity index (χ0v) is 18.0. The first kappa shape index (κ1) is 21.8. The van der Waals surface area contributed by atoms with Gasteiger partial charge in [0.2, 0.25) is 0 Å². The highest BCUT2D eigenvalue weighted by atomic mass is 16.7. The van der Waals surface area contributed by atoms with Crippen LogP contribution in [0.5, 0.6) is 0 Å². The summed E-state index contributed by atoms with van der Waals surface area (Å²) in [6, 6.07) is 0. The summed E-state index contributed by atoms with van der Waals surface area (Å²) >= 11 is 0. The monoisotopic (exact) mass is 360 g/mol. The number of rotatable bonds is 9. The van der Waals surface area contributed by atoms with Crippen molar-refractivity contribution >= 4 is 7.12 Å². The van der Waals surface area contributed by atoms with Crippen molar-refractivity contribution in [3.05, 3.63) is 23.7 Å². The van der Waals surface area contributed by atoms with Crippen LogP contribution < -0.4 is 0 Å². The summed E-state index contributed by atoms with van der Waals surface area (Å²) in [6.07, 6.45) is 21.3. The van der Waals surface area contributed by atoms with Crippen LogP contribution >= 0.6 is 0 Å². The molecule has 0 amide bonds. The minimum atomic E-state index is -0.251. The summed E-state index contributed by atoms with van der Waals surface area (Å²) in [7, 11) is -0.171. The maximum absolute atomic E-state index is 6.36. The molecule has 2 nitrogen and oxygen atoms in total. The highest BCUT2D eigenvalue weighted by Crippen LogP contribution is 2.40. The van der Waals surface area contributed by atoms with Crippen LogP contribution in [0.15, 0.2) is 23.7 Å². The predicted octanol–water partition coefficient (Wildman–Crippen LogP) is 7.04. The second-order valence-corrected chi connectivity index (χ2v) is 9.23. The van der Waals surface area contributed by atoms with Crippen LogP contribution in [0.3, 0.4) is 0 Å². The second kappa shape index (κ2) is 10.1. The van der Waals surface area contributed by atoms with E-state index in [1.807, 2.05) is 0 Å². The summed E-state index contributed by atoms with van der Waals surface area (Å²) in [4.78, 5) is 0. The molecule has 0 spiro atoms. The Morgan fingerprint density at radius 3 is 2.15 bits per heavy atom. The molecule has 1 aliphatic heterocycles. The minimum absolute atomic E-state index is 0.171. The van der Waals surface area contributed by atoms with Gasteiger partial charge in [-0.3, -0.25) is 0 Å². The van der Waals surface area contributed by atoms with Crippen molar-refractivity contribution in [1.82, 2.24) is 0 Å². The fourth-order valence-electron chi connectivity index (χ4n) is 3.88. The van der Waals surface area contributed by atoms with Crippen molar-refractivity contribution in [2.24, 2.45) is 5.92 Å². The van der Waals surface area contributed by atoms with Crippen molar-refractivity contribution < 1.29 is 9.31 Å². The molecule has 3 heteroatoms. The molecule has 2 rings (SSSR count). The van der Waals surface area contributed by atoms with Crippen LogP contribution in [0.1, 0.15) is 105 Å². The molecule has 26 heavy (non-hydrogen) atoms. The van der Waals surface area contributed by atoms with Crippen molar-refractivity contribution in [2.75, 3.05) is 0 Å². The van der Waals surface area contributed by atoms with E-state index in [0.29, 0.717) is 5.92 Å². The van der Waals surface area contributed by atoms with Gasteiger partial charge in [0.25, 0.3) is 0 Å². The van der Waals surface area contributed by atoms with Gasteiger partial charge in [-0.05, 0) is 77.6 Å². The van der Waals surface area contributed by atoms with E-state index < -0.39 is 0 Å². The third kappa shape index (κ3) is 6.27. The molecule has 148 valence electrons. The third-order valence-corrected chi connectivity index (χ3v) is 6.40. The van der Waals surface area contributed by atoms with Crippen LogP contribution in [0.25, 0.3) is 0 Å². The van der Waals surface area contributed by atoms with Crippen molar-refractivity contribution in [3.63, 3.8) is 0 Å². The van der Waals surface area contributed by atoms with Crippen LogP contribution in [-0.4, -0.2) is 18.3 Å². The fraction of sp³-hybridized carbons (Fsp3) is 0.826. The fourth-order valence-corrected chi connectivity index (χ4v) is 3.88. The van der Waals surface area contributed by atoms with E-state index >= 15 is 0 Å². The molecule has 1 aliphatic carbocycles. The van der Waals surface area contributed by atoms with Crippen LogP contribution in [0.4, 0.5) is 0 Å². The summed E-state index contributed by atoms with van der Waals surface area (Å²) in [5.41, 5.74) is 0.868. The van der Waals surface area contributed by atoms with Gasteiger partial charge in [-0.25, -0.2) is 0 Å². The minimum Gasteiger partial charge on any atom is -0.400 e. The molecule has 0 atom stereocenters. The van der Waals surface area contributed by atoms with E-state index in [1.165, 1.54) is 63.3 Å². The molecule has 0 radical (unpaired) electrons. The molecule has 0 N–H and O–H groups in total. The molecular weight excluding hydrogens is 319 g/mol. The Morgan fingerprint density at radius 1 is 0.923 bits per heavy atom. The second-order valence-electron chi connectivity index (χ2n) is 9.23. The Morgan fingerprint density at radius 2 is 1.54 bits per heavy atom. The first-order chi connectivity index (χ1) is 12.4. The lowest BCUT2D eigenvalue weighted by atomic mass is 9.72. The molecule has 0 aromatic rings. The van der Waals surface area contributed by atoms with Crippen molar-refractivity contribution in [1.29, 1.82) is 0 Å². The van der Waals surface area contributed by atoms with Crippen LogP contribution in [0, 0.1) is 5.92 Å². The highest BCUT2D eigenvalue weighted by molar-refractivity contribution is 6.54. The lowest BCUT2D eigenvalue weighted by Crippen LogP contribution is -2.41. The zero-order chi connectivity index (χ0) is 19.0. The number of hydrogen-bond donors (Lipinski definition) is 0. The van der Waals surface area contributed by atoms with Gasteiger partial charge in [-0.1, -0.05) is 57.3 Å². The highest BCUT2D eigenvalue weighted by Gasteiger charge is 2.52. The SMILES string of the molecule is CCCCC/C=C/CC/C(=C\C1CCCCC1)B1OC(C)(C)C(C)(C)O1. The predicted molar refractivity (Wildman–Crippen MR) is 113 cm³/mol. The standard InChI is InChI=1S/C23H41BO2/c1-6-7-8-9-10-11-15-18-21(19-20-16-13-12-14-17-20)24-25-22(2,3)23(4,5)26-24/h10-11,19-20H,6-9,12-18H2,1-5H3/b11-10+,21-19+. The van der Waals surface area contributed by atoms with E-state index in [1.54, 1.807) is 0 Å². The molecule has 1 saturated heterocycles. The lowest BCUT2D eigenvalue weighted by Gasteiger charge is -2.32. The van der Waals surface area contributed by atoms with Gasteiger partial charge < -0.3 is 9.31 Å². The first-order valence-corrected chi connectivity index (χ1v) is 11.1. The van der Waals surface area contributed by atoms with Gasteiger partial charge in [0, 0.05) is 0 Å². The molecule has 2 fully saturated rings. The topological polar surface area (TPSA) is 18.5 Å². The summed E-state index contributed by atoms with van der Waals surface area (Å²) in [5, 5.41) is 0. The Labute approximate surface area is 162 Å². The Hall–Kier alpha value is -0.535. The summed E-state index contributed by atoms with van der Waals surface area (Å²) < 4.78 is 12.7. The molecule has 0 aromatic heterocycles. The molecule has 1 saturated carbocycles. The maximum Gasteiger partial charge on any atom is 0.490 e. The van der Waals surface area contributed by atoms with Crippen LogP contribution in [-0.2, 0) is 9.31 Å². The number of hydrogen-bond acceptors (Lipinski definition) is 2. The van der Waals surface area contributed by atoms with Gasteiger partial charge in [0.05, 0.1) is 11.2 Å². The van der Waals surface area contributed by atoms with Gasteiger partial charge in [-0.15, -0.1) is 0 Å². The Kier molecular flexibility index (Phi) is 8.48. The van der Waals surface area contributed by atoms with E-state index in [2.05, 4.69) is 52.8 Å². The van der Waals surface area contributed by atoms with Crippen LogP contribution in [0.2, 0.25) is 0 Å².